The molecule has 0 unspecified atom stereocenters. The summed E-state index contributed by atoms with van der Waals surface area (Å²) in [6, 6.07) is 6.80. The van der Waals surface area contributed by atoms with Crippen molar-refractivity contribution >= 4 is 23.5 Å². The first kappa shape index (κ1) is 17.7. The van der Waals surface area contributed by atoms with Gasteiger partial charge in [-0.2, -0.15) is 5.10 Å². The Labute approximate surface area is 151 Å². The SMILES string of the molecule is CN(C)C(=O)CCCn1ccc(NC(=O)c2cccc3c2CNC3=O)n1. The van der Waals surface area contributed by atoms with Gasteiger partial charge in [-0.25, -0.2) is 0 Å². The van der Waals surface area contributed by atoms with Gasteiger partial charge in [0, 0.05) is 57.0 Å². The summed E-state index contributed by atoms with van der Waals surface area (Å²) in [6.07, 6.45) is 2.88. The first-order valence-corrected chi connectivity index (χ1v) is 8.41. The highest BCUT2D eigenvalue weighted by Gasteiger charge is 2.24. The van der Waals surface area contributed by atoms with Crippen molar-refractivity contribution in [3.05, 3.63) is 47.2 Å². The molecule has 3 rings (SSSR count). The van der Waals surface area contributed by atoms with Crippen molar-refractivity contribution in [2.45, 2.75) is 25.9 Å². The number of aryl methyl sites for hydroxylation is 1. The number of nitrogens with one attached hydrogen (secondary N) is 2. The van der Waals surface area contributed by atoms with E-state index in [0.29, 0.717) is 48.4 Å². The van der Waals surface area contributed by atoms with Gasteiger partial charge in [-0.1, -0.05) is 6.07 Å². The number of aromatic nitrogens is 2. The molecule has 0 saturated carbocycles. The van der Waals surface area contributed by atoms with Gasteiger partial charge in [0.05, 0.1) is 0 Å². The van der Waals surface area contributed by atoms with Gasteiger partial charge in [-0.05, 0) is 24.1 Å². The molecule has 3 amide bonds. The Morgan fingerprint density at radius 3 is 2.88 bits per heavy atom. The molecule has 1 aromatic heterocycles. The van der Waals surface area contributed by atoms with Gasteiger partial charge in [0.25, 0.3) is 11.8 Å². The highest BCUT2D eigenvalue weighted by Crippen LogP contribution is 2.20. The van der Waals surface area contributed by atoms with Gasteiger partial charge in [0.15, 0.2) is 5.82 Å². The van der Waals surface area contributed by atoms with Crippen molar-refractivity contribution < 1.29 is 14.4 Å². The topological polar surface area (TPSA) is 96.3 Å². The van der Waals surface area contributed by atoms with E-state index in [-0.39, 0.29) is 17.7 Å². The molecule has 0 bridgehead atoms. The van der Waals surface area contributed by atoms with E-state index in [2.05, 4.69) is 15.7 Å². The predicted molar refractivity (Wildman–Crippen MR) is 95.7 cm³/mol. The second-order valence-corrected chi connectivity index (χ2v) is 6.32. The van der Waals surface area contributed by atoms with Crippen LogP contribution in [-0.4, -0.2) is 46.5 Å². The summed E-state index contributed by atoms with van der Waals surface area (Å²) in [7, 11) is 3.46. The molecule has 2 N–H and O–H groups in total. The Kier molecular flexibility index (Phi) is 5.01. The van der Waals surface area contributed by atoms with Crippen molar-refractivity contribution in [1.82, 2.24) is 20.0 Å². The average molecular weight is 355 g/mol. The number of rotatable bonds is 6. The van der Waals surface area contributed by atoms with Crippen molar-refractivity contribution in [3.8, 4) is 0 Å². The third-order valence-corrected chi connectivity index (χ3v) is 4.25. The minimum atomic E-state index is -0.300. The summed E-state index contributed by atoms with van der Waals surface area (Å²) in [5.41, 5.74) is 1.71. The number of nitrogens with zero attached hydrogens (tertiary/aromatic N) is 3. The highest BCUT2D eigenvalue weighted by molar-refractivity contribution is 6.08. The monoisotopic (exact) mass is 355 g/mol. The van der Waals surface area contributed by atoms with Crippen molar-refractivity contribution in [2.24, 2.45) is 0 Å². The van der Waals surface area contributed by atoms with Gasteiger partial charge in [0.2, 0.25) is 5.91 Å². The predicted octanol–water partition coefficient (Wildman–Crippen LogP) is 1.25. The molecule has 2 heterocycles. The minimum absolute atomic E-state index is 0.0757. The fourth-order valence-electron chi connectivity index (χ4n) is 2.82. The maximum Gasteiger partial charge on any atom is 0.257 e. The lowest BCUT2D eigenvalue weighted by molar-refractivity contribution is -0.128. The van der Waals surface area contributed by atoms with Crippen LogP contribution in [0.5, 0.6) is 0 Å². The van der Waals surface area contributed by atoms with E-state index in [4.69, 9.17) is 0 Å². The van der Waals surface area contributed by atoms with E-state index in [1.165, 1.54) is 0 Å². The molecule has 1 aliphatic heterocycles. The Morgan fingerprint density at radius 1 is 1.31 bits per heavy atom. The van der Waals surface area contributed by atoms with E-state index in [1.54, 1.807) is 54.1 Å². The number of hydrogen-bond acceptors (Lipinski definition) is 4. The summed E-state index contributed by atoms with van der Waals surface area (Å²) in [5.74, 6) is 0.0492. The van der Waals surface area contributed by atoms with E-state index in [0.717, 1.165) is 0 Å². The molecule has 1 aliphatic rings. The zero-order chi connectivity index (χ0) is 18.7. The lowest BCUT2D eigenvalue weighted by Gasteiger charge is -2.09. The number of carbonyl (C=O) groups is 3. The maximum atomic E-state index is 12.5. The van der Waals surface area contributed by atoms with E-state index in [9.17, 15) is 14.4 Å². The van der Waals surface area contributed by atoms with Crippen LogP contribution < -0.4 is 10.6 Å². The van der Waals surface area contributed by atoms with Crippen LogP contribution in [-0.2, 0) is 17.9 Å². The van der Waals surface area contributed by atoms with Crippen LogP contribution in [0.25, 0.3) is 0 Å². The first-order chi connectivity index (χ1) is 12.5. The third-order valence-electron chi connectivity index (χ3n) is 4.25. The van der Waals surface area contributed by atoms with Crippen LogP contribution in [0.4, 0.5) is 5.82 Å². The summed E-state index contributed by atoms with van der Waals surface area (Å²) >= 11 is 0. The molecule has 26 heavy (non-hydrogen) atoms. The molecule has 0 spiro atoms. The summed E-state index contributed by atoms with van der Waals surface area (Å²) in [6.45, 7) is 0.945. The van der Waals surface area contributed by atoms with Crippen LogP contribution in [0, 0.1) is 0 Å². The smallest absolute Gasteiger partial charge is 0.257 e. The van der Waals surface area contributed by atoms with Crippen LogP contribution in [0.15, 0.2) is 30.5 Å². The third kappa shape index (κ3) is 3.74. The molecular weight excluding hydrogens is 334 g/mol. The van der Waals surface area contributed by atoms with Crippen LogP contribution >= 0.6 is 0 Å². The summed E-state index contributed by atoms with van der Waals surface area (Å²) in [4.78, 5) is 37.4. The second kappa shape index (κ2) is 7.38. The number of fused-ring (bicyclic) bond motifs is 1. The largest absolute Gasteiger partial charge is 0.349 e. The Hall–Kier alpha value is -3.16. The quantitative estimate of drug-likeness (QED) is 0.815. The number of benzene rings is 1. The second-order valence-electron chi connectivity index (χ2n) is 6.32. The van der Waals surface area contributed by atoms with Gasteiger partial charge >= 0.3 is 0 Å². The molecule has 0 fully saturated rings. The molecule has 0 saturated heterocycles. The van der Waals surface area contributed by atoms with Gasteiger partial charge in [-0.15, -0.1) is 0 Å². The van der Waals surface area contributed by atoms with E-state index < -0.39 is 0 Å². The Bertz CT molecular complexity index is 856. The van der Waals surface area contributed by atoms with Crippen molar-refractivity contribution in [1.29, 1.82) is 0 Å². The number of amides is 3. The molecule has 8 heteroatoms. The fourth-order valence-corrected chi connectivity index (χ4v) is 2.82. The Morgan fingerprint density at radius 2 is 2.12 bits per heavy atom. The molecule has 1 aromatic carbocycles. The standard InChI is InChI=1S/C18H21N5O3/c1-22(2)16(24)7-4-9-23-10-8-15(21-23)20-18(26)13-6-3-5-12-14(13)11-19-17(12)25/h3,5-6,8,10H,4,7,9,11H2,1-2H3,(H,19,25)(H,20,21,26). The van der Waals surface area contributed by atoms with E-state index >= 15 is 0 Å². The Balaban J connectivity index is 1.60. The molecular formula is C18H21N5O3. The van der Waals surface area contributed by atoms with Gasteiger partial charge < -0.3 is 15.5 Å². The number of carbonyl (C=O) groups excluding carboxylic acids is 3. The lowest BCUT2D eigenvalue weighted by atomic mass is 10.0. The maximum absolute atomic E-state index is 12.5. The minimum Gasteiger partial charge on any atom is -0.349 e. The van der Waals surface area contributed by atoms with Crippen LogP contribution in [0.2, 0.25) is 0 Å². The van der Waals surface area contributed by atoms with Gasteiger partial charge in [-0.3, -0.25) is 19.1 Å². The zero-order valence-corrected chi connectivity index (χ0v) is 14.8. The van der Waals surface area contributed by atoms with Crippen molar-refractivity contribution in [3.63, 3.8) is 0 Å². The summed E-state index contributed by atoms with van der Waals surface area (Å²) < 4.78 is 1.69. The summed E-state index contributed by atoms with van der Waals surface area (Å²) in [5, 5.41) is 9.78. The average Bonchev–Trinajstić information content (AvgIpc) is 3.21. The lowest BCUT2D eigenvalue weighted by Crippen LogP contribution is -2.21. The van der Waals surface area contributed by atoms with Crippen LogP contribution in [0.1, 0.15) is 39.1 Å². The van der Waals surface area contributed by atoms with E-state index in [1.807, 2.05) is 0 Å². The normalized spacial score (nSPS) is 12.5. The first-order valence-electron chi connectivity index (χ1n) is 8.41. The highest BCUT2D eigenvalue weighted by atomic mass is 16.2. The molecule has 136 valence electrons. The van der Waals surface area contributed by atoms with Crippen molar-refractivity contribution in [2.75, 3.05) is 19.4 Å². The number of hydrogen-bond donors (Lipinski definition) is 2. The molecule has 2 aromatic rings. The molecule has 0 radical (unpaired) electrons. The van der Waals surface area contributed by atoms with Crippen LogP contribution in [0.3, 0.4) is 0 Å². The molecule has 0 atom stereocenters. The fraction of sp³-hybridized carbons (Fsp3) is 0.333. The molecule has 8 nitrogen and oxygen atoms in total. The van der Waals surface area contributed by atoms with Gasteiger partial charge in [0.1, 0.15) is 0 Å². The molecule has 0 aliphatic carbocycles. The number of anilines is 1. The zero-order valence-electron chi connectivity index (χ0n) is 14.8.